The van der Waals surface area contributed by atoms with Crippen LogP contribution in [0.5, 0.6) is 0 Å². The molecular formula is C54H30B2N2. The van der Waals surface area contributed by atoms with E-state index >= 15 is 0 Å². The van der Waals surface area contributed by atoms with Crippen molar-refractivity contribution in [1.29, 1.82) is 0 Å². The average Bonchev–Trinajstić information content (AvgIpc) is 4.01. The van der Waals surface area contributed by atoms with E-state index in [1.54, 1.807) is 0 Å². The largest absolute Gasteiger partial charge is 0.310 e. The van der Waals surface area contributed by atoms with Gasteiger partial charge in [0.25, 0.3) is 0 Å². The Labute approximate surface area is 335 Å². The quantitative estimate of drug-likeness (QED) is 0.158. The molecule has 0 saturated carbocycles. The van der Waals surface area contributed by atoms with Crippen LogP contribution in [0, 0.1) is 0 Å². The van der Waals surface area contributed by atoms with Gasteiger partial charge in [-0.3, -0.25) is 0 Å². The van der Waals surface area contributed by atoms with Crippen molar-refractivity contribution < 1.29 is 0 Å². The summed E-state index contributed by atoms with van der Waals surface area (Å²) in [6.07, 6.45) is 0. The molecule has 6 heterocycles. The molecule has 0 spiro atoms. The number of hydrogen-bond acceptors (Lipinski definition) is 0. The number of rotatable bonds is 2. The summed E-state index contributed by atoms with van der Waals surface area (Å²) in [4.78, 5) is 0. The standard InChI is InChI=1S/C54H30B2N2/c1-3-11-31(12-4-1)33-19-25-47-41(27-33)39-23-21-37-35-15-7-9-17-43(35)55-45-30-50-46(29-49(45)57(47)53(39)51(37)55)56-44-18-10-8-16-36(44)38-22-24-40-42-28-34(32-13-5-2-6-14-32)20-26-48(42)58(50)54(40)52(38)56/h1-30H. The molecule has 4 aliphatic heterocycles. The molecule has 0 fully saturated rings. The maximum absolute atomic E-state index is 2.63. The van der Waals surface area contributed by atoms with Crippen molar-refractivity contribution in [3.63, 3.8) is 0 Å². The molecule has 0 atom stereocenters. The smallest absolute Gasteiger partial charge is 0.248 e. The van der Waals surface area contributed by atoms with Gasteiger partial charge in [0.2, 0.25) is 13.4 Å². The summed E-state index contributed by atoms with van der Waals surface area (Å²) in [5, 5.41) is 5.29. The van der Waals surface area contributed by atoms with Crippen LogP contribution in [0.4, 0.5) is 0 Å². The summed E-state index contributed by atoms with van der Waals surface area (Å²) in [6, 6.07) is 69.0. The molecule has 0 aliphatic carbocycles. The van der Waals surface area contributed by atoms with Crippen LogP contribution in [0.1, 0.15) is 0 Å². The Morgan fingerprint density at radius 1 is 0.293 bits per heavy atom. The maximum atomic E-state index is 2.63. The van der Waals surface area contributed by atoms with Crippen molar-refractivity contribution in [2.75, 3.05) is 0 Å². The van der Waals surface area contributed by atoms with Crippen LogP contribution in [0.3, 0.4) is 0 Å². The molecule has 262 valence electrons. The SMILES string of the molecule is c1ccc(-c2ccc3c(c2)c2ccc4c5c2n3-c2cc3c(cc2B5c2ccccc2-4)-n2c4ccc(-c5ccccc5)cc4c4ccc5c(c42)B3c2ccccc2-5)cc1. The van der Waals surface area contributed by atoms with Gasteiger partial charge in [0, 0.05) is 44.0 Å². The highest BCUT2D eigenvalue weighted by Crippen LogP contribution is 2.43. The maximum Gasteiger partial charge on any atom is 0.248 e. The second kappa shape index (κ2) is 10.4. The topological polar surface area (TPSA) is 9.86 Å². The highest BCUT2D eigenvalue weighted by molar-refractivity contribution is 7.03. The Hall–Kier alpha value is -7.29. The fraction of sp³-hybridized carbons (Fsp3) is 0. The highest BCUT2D eigenvalue weighted by atomic mass is 15.0. The second-order valence-corrected chi connectivity index (χ2v) is 16.7. The fourth-order valence-electron chi connectivity index (χ4n) is 11.8. The zero-order valence-electron chi connectivity index (χ0n) is 31.4. The summed E-state index contributed by atoms with van der Waals surface area (Å²) in [5.41, 5.74) is 26.8. The van der Waals surface area contributed by atoms with Gasteiger partial charge < -0.3 is 9.13 Å². The summed E-state index contributed by atoms with van der Waals surface area (Å²) in [6.45, 7) is 0.289. The zero-order valence-corrected chi connectivity index (χ0v) is 31.4. The minimum absolute atomic E-state index is 0.145. The van der Waals surface area contributed by atoms with Crippen molar-refractivity contribution >= 4 is 89.8 Å². The Kier molecular flexibility index (Phi) is 5.34. The van der Waals surface area contributed by atoms with Gasteiger partial charge >= 0.3 is 0 Å². The molecule has 2 aromatic heterocycles. The third kappa shape index (κ3) is 3.47. The van der Waals surface area contributed by atoms with Crippen molar-refractivity contribution in [3.8, 4) is 55.9 Å². The molecule has 15 rings (SSSR count). The van der Waals surface area contributed by atoms with Crippen LogP contribution in [0.25, 0.3) is 99.5 Å². The highest BCUT2D eigenvalue weighted by Gasteiger charge is 2.45. The Morgan fingerprint density at radius 2 is 0.724 bits per heavy atom. The van der Waals surface area contributed by atoms with Crippen molar-refractivity contribution in [3.05, 3.63) is 182 Å². The van der Waals surface area contributed by atoms with Gasteiger partial charge in [-0.05, 0) is 103 Å². The predicted molar refractivity (Wildman–Crippen MR) is 246 cm³/mol. The molecule has 11 aromatic rings. The van der Waals surface area contributed by atoms with E-state index in [9.17, 15) is 0 Å². The molecule has 0 bridgehead atoms. The second-order valence-electron chi connectivity index (χ2n) is 16.7. The lowest BCUT2D eigenvalue weighted by molar-refractivity contribution is 1.16. The molecule has 9 aromatic carbocycles. The predicted octanol–water partition coefficient (Wildman–Crippen LogP) is 8.83. The molecule has 0 radical (unpaired) electrons. The molecular weight excluding hydrogens is 698 g/mol. The van der Waals surface area contributed by atoms with Crippen LogP contribution in [0.2, 0.25) is 0 Å². The number of nitrogens with zero attached hydrogens (tertiary/aromatic N) is 2. The van der Waals surface area contributed by atoms with Crippen molar-refractivity contribution in [1.82, 2.24) is 9.13 Å². The lowest BCUT2D eigenvalue weighted by Crippen LogP contribution is -2.57. The van der Waals surface area contributed by atoms with Crippen LogP contribution in [0.15, 0.2) is 182 Å². The molecule has 4 aliphatic rings. The summed E-state index contributed by atoms with van der Waals surface area (Å²) >= 11 is 0. The van der Waals surface area contributed by atoms with Gasteiger partial charge in [-0.1, -0.05) is 157 Å². The molecule has 58 heavy (non-hydrogen) atoms. The molecule has 4 heteroatoms. The van der Waals surface area contributed by atoms with Gasteiger partial charge in [0.1, 0.15) is 0 Å². The summed E-state index contributed by atoms with van der Waals surface area (Å²) < 4.78 is 5.27. The van der Waals surface area contributed by atoms with Crippen LogP contribution < -0.4 is 32.8 Å². The van der Waals surface area contributed by atoms with E-state index in [0.29, 0.717) is 0 Å². The zero-order chi connectivity index (χ0) is 37.4. The first-order valence-electron chi connectivity index (χ1n) is 20.5. The van der Waals surface area contributed by atoms with Crippen molar-refractivity contribution in [2.45, 2.75) is 0 Å². The molecule has 2 nitrogen and oxygen atoms in total. The molecule has 0 N–H and O–H groups in total. The van der Waals surface area contributed by atoms with E-state index in [1.165, 1.54) is 132 Å². The average molecular weight is 728 g/mol. The van der Waals surface area contributed by atoms with E-state index in [2.05, 4.69) is 191 Å². The first-order chi connectivity index (χ1) is 28.8. The lowest BCUT2D eigenvalue weighted by atomic mass is 9.35. The van der Waals surface area contributed by atoms with Gasteiger partial charge in [0.15, 0.2) is 0 Å². The summed E-state index contributed by atoms with van der Waals surface area (Å²) in [5.74, 6) is 0. The third-order valence-electron chi connectivity index (χ3n) is 14.1. The van der Waals surface area contributed by atoms with E-state index in [4.69, 9.17) is 0 Å². The van der Waals surface area contributed by atoms with E-state index in [-0.39, 0.29) is 13.4 Å². The molecule has 0 unspecified atom stereocenters. The monoisotopic (exact) mass is 728 g/mol. The van der Waals surface area contributed by atoms with E-state index in [0.717, 1.165) is 0 Å². The van der Waals surface area contributed by atoms with Gasteiger partial charge in [0.05, 0.1) is 11.0 Å². The van der Waals surface area contributed by atoms with Gasteiger partial charge in [-0.15, -0.1) is 0 Å². The normalized spacial score (nSPS) is 13.4. The van der Waals surface area contributed by atoms with Crippen LogP contribution >= 0.6 is 0 Å². The first kappa shape index (κ1) is 29.9. The number of fused-ring (bicyclic) bond motifs is 18. The number of aromatic nitrogens is 2. The first-order valence-corrected chi connectivity index (χ1v) is 20.5. The molecule has 0 saturated heterocycles. The number of hydrogen-bond donors (Lipinski definition) is 0. The van der Waals surface area contributed by atoms with Gasteiger partial charge in [-0.25, -0.2) is 0 Å². The summed E-state index contributed by atoms with van der Waals surface area (Å²) in [7, 11) is 0. The van der Waals surface area contributed by atoms with Crippen molar-refractivity contribution in [2.24, 2.45) is 0 Å². The number of benzene rings is 9. The molecule has 0 amide bonds. The Morgan fingerprint density at radius 3 is 1.19 bits per heavy atom. The van der Waals surface area contributed by atoms with Crippen LogP contribution in [-0.4, -0.2) is 22.6 Å². The van der Waals surface area contributed by atoms with E-state index < -0.39 is 0 Å². The Bertz CT molecular complexity index is 3440. The fourth-order valence-corrected chi connectivity index (χ4v) is 11.8. The lowest BCUT2D eigenvalue weighted by Gasteiger charge is -2.31. The minimum atomic E-state index is 0.145. The van der Waals surface area contributed by atoms with Gasteiger partial charge in [-0.2, -0.15) is 0 Å². The van der Waals surface area contributed by atoms with Crippen LogP contribution in [-0.2, 0) is 0 Å². The Balaban J connectivity index is 1.09. The third-order valence-corrected chi connectivity index (χ3v) is 14.1. The van der Waals surface area contributed by atoms with E-state index in [1.807, 2.05) is 0 Å². The minimum Gasteiger partial charge on any atom is -0.310 e.